The molecule has 0 radical (unpaired) electrons. The fraction of sp³-hybridized carbons (Fsp3) is 0.241. The molecule has 0 aliphatic heterocycles. The van der Waals surface area contributed by atoms with Gasteiger partial charge in [-0.3, -0.25) is 9.59 Å². The van der Waals surface area contributed by atoms with Crippen molar-refractivity contribution in [2.24, 2.45) is 0 Å². The number of pyridine rings is 2. The van der Waals surface area contributed by atoms with E-state index in [4.69, 9.17) is 23.2 Å². The van der Waals surface area contributed by atoms with Crippen LogP contribution in [0.25, 0.3) is 22.5 Å². The molecule has 0 atom stereocenters. The average Bonchev–Trinajstić information content (AvgIpc) is 2.92. The van der Waals surface area contributed by atoms with Crippen molar-refractivity contribution in [3.63, 3.8) is 0 Å². The molecule has 2 aromatic heterocycles. The standard InChI is InChI=1S/C15H15ClF2N2O.C14H13ClF2N2O/c1-4-20-14(13-10(17)6-5-7-11(13)18)12(19(2)3)8-9(16)15(20)21;1-3-19-13(11(18-2)7-8(15)14(19)20)12-9(16)5-4-6-10(12)17/h5-8H,4H2,1-3H3;4-7,18H,3H2,1-2H3. The van der Waals surface area contributed by atoms with Crippen LogP contribution in [0, 0.1) is 23.3 Å². The highest BCUT2D eigenvalue weighted by atomic mass is 35.5. The molecule has 218 valence electrons. The molecule has 41 heavy (non-hydrogen) atoms. The molecule has 2 aromatic carbocycles. The highest BCUT2D eigenvalue weighted by molar-refractivity contribution is 6.31. The quantitative estimate of drug-likeness (QED) is 0.238. The van der Waals surface area contributed by atoms with Crippen LogP contribution in [0.1, 0.15) is 13.8 Å². The van der Waals surface area contributed by atoms with Gasteiger partial charge in [0.1, 0.15) is 33.3 Å². The van der Waals surface area contributed by atoms with Crippen molar-refractivity contribution in [1.29, 1.82) is 0 Å². The number of halogens is 6. The van der Waals surface area contributed by atoms with E-state index in [2.05, 4.69) is 5.32 Å². The van der Waals surface area contributed by atoms with Gasteiger partial charge in [0.05, 0.1) is 33.9 Å². The Kier molecular flexibility index (Phi) is 10.3. The van der Waals surface area contributed by atoms with Gasteiger partial charge in [0.25, 0.3) is 11.1 Å². The molecule has 6 nitrogen and oxygen atoms in total. The number of benzene rings is 2. The van der Waals surface area contributed by atoms with Gasteiger partial charge in [-0.05, 0) is 50.2 Å². The predicted octanol–water partition coefficient (Wildman–Crippen LogP) is 7.04. The molecular formula is C29H28Cl2F4N4O2. The summed E-state index contributed by atoms with van der Waals surface area (Å²) in [5, 5.41) is 2.83. The van der Waals surface area contributed by atoms with Crippen molar-refractivity contribution >= 4 is 34.6 Å². The zero-order valence-electron chi connectivity index (χ0n) is 23.0. The van der Waals surface area contributed by atoms with E-state index in [1.165, 1.54) is 33.4 Å². The summed E-state index contributed by atoms with van der Waals surface area (Å²) in [6.07, 6.45) is 0. The zero-order valence-corrected chi connectivity index (χ0v) is 24.5. The lowest BCUT2D eigenvalue weighted by atomic mass is 10.1. The molecule has 0 amide bonds. The van der Waals surface area contributed by atoms with Crippen LogP contribution >= 0.6 is 23.2 Å². The molecule has 0 bridgehead atoms. The number of aromatic nitrogens is 2. The number of nitrogens with zero attached hydrogens (tertiary/aromatic N) is 3. The zero-order chi connectivity index (χ0) is 30.6. The lowest BCUT2D eigenvalue weighted by molar-refractivity contribution is 0.583. The van der Waals surface area contributed by atoms with Crippen molar-refractivity contribution < 1.29 is 17.6 Å². The van der Waals surface area contributed by atoms with Gasteiger partial charge in [0, 0.05) is 34.2 Å². The lowest BCUT2D eigenvalue weighted by Crippen LogP contribution is -2.25. The second-order valence-electron chi connectivity index (χ2n) is 8.92. The molecule has 0 unspecified atom stereocenters. The van der Waals surface area contributed by atoms with E-state index in [1.54, 1.807) is 39.9 Å². The Balaban J connectivity index is 0.000000226. The van der Waals surface area contributed by atoms with Crippen LogP contribution in [-0.2, 0) is 13.1 Å². The monoisotopic (exact) mass is 610 g/mol. The van der Waals surface area contributed by atoms with Gasteiger partial charge >= 0.3 is 0 Å². The number of hydrogen-bond donors (Lipinski definition) is 1. The third kappa shape index (κ3) is 6.28. The summed E-state index contributed by atoms with van der Waals surface area (Å²) in [6, 6.07) is 9.99. The Labute approximate surface area is 244 Å². The minimum absolute atomic E-state index is 0.00306. The second-order valence-corrected chi connectivity index (χ2v) is 9.73. The van der Waals surface area contributed by atoms with Crippen LogP contribution in [-0.4, -0.2) is 30.3 Å². The molecule has 12 heteroatoms. The highest BCUT2D eigenvalue weighted by Gasteiger charge is 2.22. The van der Waals surface area contributed by atoms with Crippen molar-refractivity contribution in [1.82, 2.24) is 9.13 Å². The van der Waals surface area contributed by atoms with E-state index in [-0.39, 0.29) is 45.6 Å². The van der Waals surface area contributed by atoms with Crippen LogP contribution in [0.15, 0.2) is 58.1 Å². The van der Waals surface area contributed by atoms with Crippen LogP contribution in [0.5, 0.6) is 0 Å². The summed E-state index contributed by atoms with van der Waals surface area (Å²) in [6.45, 7) is 3.93. The fourth-order valence-electron chi connectivity index (χ4n) is 4.37. The van der Waals surface area contributed by atoms with Crippen molar-refractivity contribution in [3.8, 4) is 22.5 Å². The third-order valence-electron chi connectivity index (χ3n) is 6.25. The second kappa shape index (κ2) is 13.3. The molecule has 4 rings (SSSR count). The predicted molar refractivity (Wildman–Crippen MR) is 157 cm³/mol. The number of rotatable bonds is 6. The van der Waals surface area contributed by atoms with E-state index >= 15 is 0 Å². The Morgan fingerprint density at radius 3 is 1.51 bits per heavy atom. The lowest BCUT2D eigenvalue weighted by Gasteiger charge is -2.22. The van der Waals surface area contributed by atoms with Crippen LogP contribution in [0.3, 0.4) is 0 Å². The van der Waals surface area contributed by atoms with Crippen molar-refractivity contribution in [3.05, 3.63) is 103 Å². The molecule has 0 aliphatic carbocycles. The average molecular weight is 611 g/mol. The Hall–Kier alpha value is -3.76. The first-order chi connectivity index (χ1) is 19.4. The summed E-state index contributed by atoms with van der Waals surface area (Å²) >= 11 is 11.8. The Morgan fingerprint density at radius 2 is 1.12 bits per heavy atom. The molecule has 1 N–H and O–H groups in total. The van der Waals surface area contributed by atoms with Gasteiger partial charge in [0.2, 0.25) is 0 Å². The van der Waals surface area contributed by atoms with E-state index in [0.717, 1.165) is 24.3 Å². The van der Waals surface area contributed by atoms with E-state index < -0.39 is 34.4 Å². The maximum atomic E-state index is 14.1. The molecular weight excluding hydrogens is 583 g/mol. The molecule has 2 heterocycles. The number of anilines is 2. The first kappa shape index (κ1) is 31.8. The van der Waals surface area contributed by atoms with Crippen molar-refractivity contribution in [2.45, 2.75) is 26.9 Å². The maximum Gasteiger partial charge on any atom is 0.269 e. The fourth-order valence-corrected chi connectivity index (χ4v) is 4.78. The van der Waals surface area contributed by atoms with Gasteiger partial charge in [-0.15, -0.1) is 0 Å². The molecule has 0 fully saturated rings. The summed E-state index contributed by atoms with van der Waals surface area (Å²) in [5.41, 5.74) is -0.212. The van der Waals surface area contributed by atoms with Gasteiger partial charge in [0.15, 0.2) is 0 Å². The van der Waals surface area contributed by atoms with Gasteiger partial charge < -0.3 is 19.4 Å². The minimum atomic E-state index is -0.731. The number of nitrogens with one attached hydrogen (secondary N) is 1. The normalized spacial score (nSPS) is 10.7. The van der Waals surface area contributed by atoms with E-state index in [1.807, 2.05) is 0 Å². The first-order valence-electron chi connectivity index (χ1n) is 12.5. The molecule has 0 aliphatic rings. The summed E-state index contributed by atoms with van der Waals surface area (Å²) in [5.74, 6) is -2.90. The van der Waals surface area contributed by atoms with Gasteiger partial charge in [-0.2, -0.15) is 0 Å². The molecule has 0 spiro atoms. The maximum absolute atomic E-state index is 14.1. The highest BCUT2D eigenvalue weighted by Crippen LogP contribution is 2.35. The van der Waals surface area contributed by atoms with Gasteiger partial charge in [-0.25, -0.2) is 17.6 Å². The van der Waals surface area contributed by atoms with Gasteiger partial charge in [-0.1, -0.05) is 35.3 Å². The Morgan fingerprint density at radius 1 is 0.732 bits per heavy atom. The largest absolute Gasteiger partial charge is 0.386 e. The first-order valence-corrected chi connectivity index (χ1v) is 13.2. The van der Waals surface area contributed by atoms with E-state index in [0.29, 0.717) is 11.4 Å². The van der Waals surface area contributed by atoms with Crippen LogP contribution < -0.4 is 21.3 Å². The molecule has 0 saturated carbocycles. The van der Waals surface area contributed by atoms with Crippen LogP contribution in [0.2, 0.25) is 10.0 Å². The summed E-state index contributed by atoms with van der Waals surface area (Å²) in [4.78, 5) is 25.9. The minimum Gasteiger partial charge on any atom is -0.386 e. The Bertz CT molecular complexity index is 1660. The van der Waals surface area contributed by atoms with Crippen molar-refractivity contribution in [2.75, 3.05) is 31.4 Å². The molecule has 0 saturated heterocycles. The summed E-state index contributed by atoms with van der Waals surface area (Å²) in [7, 11) is 5.04. The SMILES string of the molecule is CCn1c(-c2c(F)cccc2F)c(N(C)C)cc(Cl)c1=O.CCn1c(-c2c(F)cccc2F)c(NC)cc(Cl)c1=O. The third-order valence-corrected chi connectivity index (χ3v) is 6.80. The van der Waals surface area contributed by atoms with Crippen LogP contribution in [0.4, 0.5) is 28.9 Å². The number of hydrogen-bond acceptors (Lipinski definition) is 4. The smallest absolute Gasteiger partial charge is 0.269 e. The topological polar surface area (TPSA) is 59.3 Å². The molecule has 4 aromatic rings. The van der Waals surface area contributed by atoms with E-state index in [9.17, 15) is 27.2 Å². The summed E-state index contributed by atoms with van der Waals surface area (Å²) < 4.78 is 58.7.